The lowest BCUT2D eigenvalue weighted by Gasteiger charge is -2.31. The highest BCUT2D eigenvalue weighted by molar-refractivity contribution is 4.85. The maximum absolute atomic E-state index is 6.12. The molecule has 13 heavy (non-hydrogen) atoms. The third-order valence-corrected chi connectivity index (χ3v) is 3.48. The predicted octanol–water partition coefficient (Wildman–Crippen LogP) is 2.32. The lowest BCUT2D eigenvalue weighted by molar-refractivity contribution is -0.00529. The Kier molecular flexibility index (Phi) is 3.74. The van der Waals surface area contributed by atoms with Crippen LogP contribution in [0.5, 0.6) is 0 Å². The van der Waals surface area contributed by atoms with Gasteiger partial charge in [0, 0.05) is 13.2 Å². The molecule has 0 heterocycles. The number of hydrogen-bond acceptors (Lipinski definition) is 2. The van der Waals surface area contributed by atoms with Crippen molar-refractivity contribution in [3.05, 3.63) is 0 Å². The molecule has 0 bridgehead atoms. The molecule has 0 amide bonds. The van der Waals surface area contributed by atoms with Crippen LogP contribution in [0.3, 0.4) is 0 Å². The number of nitrogens with two attached hydrogens (primary N) is 1. The van der Waals surface area contributed by atoms with Crippen molar-refractivity contribution in [3.63, 3.8) is 0 Å². The number of methoxy groups -OCH3 is 1. The van der Waals surface area contributed by atoms with Crippen LogP contribution in [0, 0.1) is 5.92 Å². The van der Waals surface area contributed by atoms with Crippen molar-refractivity contribution in [2.45, 2.75) is 57.6 Å². The van der Waals surface area contributed by atoms with Crippen LogP contribution in [0.1, 0.15) is 46.0 Å². The van der Waals surface area contributed by atoms with Crippen molar-refractivity contribution in [2.75, 3.05) is 7.11 Å². The summed E-state index contributed by atoms with van der Waals surface area (Å²) < 4.78 is 5.38. The third-order valence-electron chi connectivity index (χ3n) is 3.48. The summed E-state index contributed by atoms with van der Waals surface area (Å²) in [5.74, 6) is 0.851. The van der Waals surface area contributed by atoms with Gasteiger partial charge in [-0.2, -0.15) is 0 Å². The van der Waals surface area contributed by atoms with E-state index < -0.39 is 0 Å². The van der Waals surface area contributed by atoms with Gasteiger partial charge < -0.3 is 10.5 Å². The fourth-order valence-corrected chi connectivity index (χ4v) is 2.04. The molecule has 78 valence electrons. The van der Waals surface area contributed by atoms with E-state index in [1.165, 1.54) is 25.7 Å². The van der Waals surface area contributed by atoms with Crippen LogP contribution in [0.2, 0.25) is 0 Å². The molecule has 2 N–H and O–H groups in total. The van der Waals surface area contributed by atoms with Crippen LogP contribution in [-0.2, 0) is 4.74 Å². The largest absolute Gasteiger partial charge is 0.377 e. The van der Waals surface area contributed by atoms with Crippen molar-refractivity contribution in [1.82, 2.24) is 0 Å². The van der Waals surface area contributed by atoms with E-state index in [9.17, 15) is 0 Å². The van der Waals surface area contributed by atoms with Crippen molar-refractivity contribution < 1.29 is 4.74 Å². The van der Waals surface area contributed by atoms with Gasteiger partial charge in [-0.15, -0.1) is 0 Å². The van der Waals surface area contributed by atoms with Gasteiger partial charge in [-0.05, 0) is 26.2 Å². The van der Waals surface area contributed by atoms with Gasteiger partial charge in [-0.3, -0.25) is 0 Å². The normalized spacial score (nSPS) is 22.2. The van der Waals surface area contributed by atoms with Gasteiger partial charge in [-0.25, -0.2) is 0 Å². The zero-order chi connectivity index (χ0) is 9.90. The van der Waals surface area contributed by atoms with Gasteiger partial charge in [0.15, 0.2) is 0 Å². The Hall–Kier alpha value is -0.0800. The number of ether oxygens (including phenoxy) is 1. The molecule has 0 aromatic carbocycles. The van der Waals surface area contributed by atoms with E-state index >= 15 is 0 Å². The van der Waals surface area contributed by atoms with Crippen LogP contribution in [-0.4, -0.2) is 18.8 Å². The second kappa shape index (κ2) is 4.43. The molecule has 1 rings (SSSR count). The Morgan fingerprint density at radius 2 is 1.92 bits per heavy atom. The average Bonchev–Trinajstić information content (AvgIpc) is 2.57. The first-order chi connectivity index (χ1) is 6.06. The number of rotatable bonds is 4. The van der Waals surface area contributed by atoms with Crippen LogP contribution < -0.4 is 5.73 Å². The SMILES string of the molecule is COC(C)(C)C(N)CC1CCCC1. The van der Waals surface area contributed by atoms with Crippen molar-refractivity contribution in [2.24, 2.45) is 11.7 Å². The molecule has 1 unspecified atom stereocenters. The van der Waals surface area contributed by atoms with Crippen LogP contribution in [0.4, 0.5) is 0 Å². The van der Waals surface area contributed by atoms with Crippen LogP contribution >= 0.6 is 0 Å². The minimum Gasteiger partial charge on any atom is -0.377 e. The molecule has 0 aromatic heterocycles. The summed E-state index contributed by atoms with van der Waals surface area (Å²) in [6.07, 6.45) is 6.65. The maximum atomic E-state index is 6.12. The average molecular weight is 185 g/mol. The molecule has 0 radical (unpaired) electrons. The van der Waals surface area contributed by atoms with Crippen molar-refractivity contribution in [1.29, 1.82) is 0 Å². The highest BCUT2D eigenvalue weighted by Gasteiger charge is 2.29. The zero-order valence-corrected chi connectivity index (χ0v) is 9.18. The minimum atomic E-state index is -0.164. The molecule has 2 nitrogen and oxygen atoms in total. The highest BCUT2D eigenvalue weighted by atomic mass is 16.5. The van der Waals surface area contributed by atoms with E-state index in [1.807, 2.05) is 0 Å². The first-order valence-corrected chi connectivity index (χ1v) is 5.37. The van der Waals surface area contributed by atoms with Gasteiger partial charge in [0.05, 0.1) is 5.60 Å². The molecule has 1 saturated carbocycles. The molecule has 0 saturated heterocycles. The molecule has 2 heteroatoms. The van der Waals surface area contributed by atoms with E-state index in [4.69, 9.17) is 10.5 Å². The van der Waals surface area contributed by atoms with Gasteiger partial charge in [-0.1, -0.05) is 25.7 Å². The maximum Gasteiger partial charge on any atom is 0.0773 e. The fourth-order valence-electron chi connectivity index (χ4n) is 2.04. The molecule has 1 fully saturated rings. The van der Waals surface area contributed by atoms with Crippen molar-refractivity contribution >= 4 is 0 Å². The summed E-state index contributed by atoms with van der Waals surface area (Å²) in [5.41, 5.74) is 5.95. The molecule has 0 aliphatic heterocycles. The minimum absolute atomic E-state index is 0.164. The summed E-state index contributed by atoms with van der Waals surface area (Å²) in [5, 5.41) is 0. The summed E-state index contributed by atoms with van der Waals surface area (Å²) in [4.78, 5) is 0. The standard InChI is InChI=1S/C11H23NO/c1-11(2,13-3)10(12)8-9-6-4-5-7-9/h9-10H,4-8,12H2,1-3H3. The molecule has 0 spiro atoms. The Morgan fingerprint density at radius 3 is 2.38 bits per heavy atom. The fraction of sp³-hybridized carbons (Fsp3) is 1.00. The zero-order valence-electron chi connectivity index (χ0n) is 9.18. The monoisotopic (exact) mass is 185 g/mol. The van der Waals surface area contributed by atoms with Gasteiger partial charge in [0.25, 0.3) is 0 Å². The molecule has 0 aromatic rings. The van der Waals surface area contributed by atoms with Gasteiger partial charge in [0.1, 0.15) is 0 Å². The highest BCUT2D eigenvalue weighted by Crippen LogP contribution is 2.30. The van der Waals surface area contributed by atoms with Gasteiger partial charge >= 0.3 is 0 Å². The Balaban J connectivity index is 2.34. The van der Waals surface area contributed by atoms with E-state index in [0.717, 1.165) is 12.3 Å². The van der Waals surface area contributed by atoms with E-state index in [-0.39, 0.29) is 11.6 Å². The topological polar surface area (TPSA) is 35.2 Å². The second-order valence-corrected chi connectivity index (χ2v) is 4.80. The summed E-state index contributed by atoms with van der Waals surface area (Å²) in [7, 11) is 1.74. The van der Waals surface area contributed by atoms with Crippen molar-refractivity contribution in [3.8, 4) is 0 Å². The van der Waals surface area contributed by atoms with Crippen LogP contribution in [0.15, 0.2) is 0 Å². The van der Waals surface area contributed by atoms with E-state index in [1.54, 1.807) is 7.11 Å². The third kappa shape index (κ3) is 2.96. The quantitative estimate of drug-likeness (QED) is 0.729. The predicted molar refractivity (Wildman–Crippen MR) is 55.6 cm³/mol. The van der Waals surface area contributed by atoms with Crippen LogP contribution in [0.25, 0.3) is 0 Å². The Bertz CT molecular complexity index is 150. The lowest BCUT2D eigenvalue weighted by Crippen LogP contribution is -2.45. The molecule has 1 aliphatic carbocycles. The molecule has 1 aliphatic rings. The Morgan fingerprint density at radius 1 is 1.38 bits per heavy atom. The molecular weight excluding hydrogens is 162 g/mol. The smallest absolute Gasteiger partial charge is 0.0773 e. The first-order valence-electron chi connectivity index (χ1n) is 5.37. The summed E-state index contributed by atoms with van der Waals surface area (Å²) in [6.45, 7) is 4.15. The summed E-state index contributed by atoms with van der Waals surface area (Å²) in [6, 6.07) is 0.181. The number of hydrogen-bond donors (Lipinski definition) is 1. The lowest BCUT2D eigenvalue weighted by atomic mass is 9.89. The first kappa shape index (κ1) is 11.0. The van der Waals surface area contributed by atoms with E-state index in [2.05, 4.69) is 13.8 Å². The molecule has 1 atom stereocenters. The van der Waals surface area contributed by atoms with E-state index in [0.29, 0.717) is 0 Å². The molecular formula is C11H23NO. The Labute approximate surface area is 81.8 Å². The van der Waals surface area contributed by atoms with Gasteiger partial charge in [0.2, 0.25) is 0 Å². The summed E-state index contributed by atoms with van der Waals surface area (Å²) >= 11 is 0. The second-order valence-electron chi connectivity index (χ2n) is 4.80.